The Morgan fingerprint density at radius 2 is 1.38 bits per heavy atom. The molecule has 0 amide bonds. The maximum Gasteiger partial charge on any atom is 2.00 e. The maximum atomic E-state index is 7.50. The summed E-state index contributed by atoms with van der Waals surface area (Å²) in [5, 5.41) is 0.705. The van der Waals surface area contributed by atoms with E-state index < -0.39 is 0 Å². The molecule has 1 rings (SSSR count). The third kappa shape index (κ3) is 12.9. The fourth-order valence-electron chi connectivity index (χ4n) is 2.63. The predicted molar refractivity (Wildman–Crippen MR) is 110 cm³/mol. The minimum Gasteiger partial charge on any atom is -1.00 e. The molecule has 0 saturated heterocycles. The van der Waals surface area contributed by atoms with Crippen molar-refractivity contribution < 1.29 is 38.0 Å². The molecule has 0 radical (unpaired) electrons. The molecule has 0 spiro atoms. The molecule has 1 heterocycles. The van der Waals surface area contributed by atoms with Gasteiger partial charge < -0.3 is 13.8 Å². The van der Waals surface area contributed by atoms with Crippen LogP contribution in [0, 0.1) is 6.65 Å². The number of hydrogen-bond acceptors (Lipinski definition) is 2. The van der Waals surface area contributed by atoms with E-state index in [1.165, 1.54) is 11.4 Å². The maximum absolute atomic E-state index is 7.50. The normalized spacial score (nSPS) is 11.7. The second kappa shape index (κ2) is 12.9. The molecule has 1 aromatic heterocycles. The zero-order valence-electron chi connectivity index (χ0n) is 18.6. The average Bonchev–Trinajstić information content (AvgIpc) is 2.42. The van der Waals surface area contributed by atoms with E-state index in [1.54, 1.807) is 0 Å². The van der Waals surface area contributed by atoms with Gasteiger partial charge in [-0.05, 0) is 22.4 Å². The number of halogens is 1. The van der Waals surface area contributed by atoms with Crippen molar-refractivity contribution in [3.05, 3.63) is 36.2 Å². The zero-order chi connectivity index (χ0) is 19.2. The second-order valence-corrected chi connectivity index (χ2v) is 14.6. The summed E-state index contributed by atoms with van der Waals surface area (Å²) in [4.78, 5) is 4.94. The Labute approximate surface area is 187 Å². The molecule has 0 aliphatic carbocycles. The Hall–Kier alpha value is 0.583. The molecule has 0 atom stereocenters. The molecule has 2 nitrogen and oxygen atoms in total. The molecule has 0 saturated carbocycles. The number of aromatic nitrogens is 1. The number of nitrogens with zero attached hydrogens (tertiary/aromatic N) is 1. The quantitative estimate of drug-likeness (QED) is 0.271. The first kappa shape index (κ1) is 31.3. The molecule has 0 unspecified atom stereocenters. The smallest absolute Gasteiger partial charge is 1.00 e. The third-order valence-electron chi connectivity index (χ3n) is 3.46. The Bertz CT molecular complexity index is 525. The van der Waals surface area contributed by atoms with Crippen molar-refractivity contribution in [1.29, 1.82) is 0 Å². The van der Waals surface area contributed by atoms with Gasteiger partial charge in [0.25, 0.3) is 0 Å². The average molecular weight is 505 g/mol. The van der Waals surface area contributed by atoms with Crippen molar-refractivity contribution in [2.24, 2.45) is 0 Å². The summed E-state index contributed by atoms with van der Waals surface area (Å²) in [6.45, 7) is 25.6. The van der Waals surface area contributed by atoms with Gasteiger partial charge in [-0.3, -0.25) is 4.98 Å². The van der Waals surface area contributed by atoms with Gasteiger partial charge in [-0.25, -0.2) is 0 Å². The molecule has 6 heteroatoms. The van der Waals surface area contributed by atoms with Crippen molar-refractivity contribution in [3.8, 4) is 0 Å². The molecule has 0 bridgehead atoms. The molecule has 0 aliphatic rings. The molecule has 152 valence electrons. The summed E-state index contributed by atoms with van der Waals surface area (Å²) in [6.07, 6.45) is 1.12. The van der Waals surface area contributed by atoms with Crippen LogP contribution in [0.25, 0.3) is 0 Å². The first-order valence-electron chi connectivity index (χ1n) is 8.36. The Kier molecular flexibility index (Phi) is 15.6. The topological polar surface area (TPSA) is 32.8 Å². The summed E-state index contributed by atoms with van der Waals surface area (Å²) >= 11 is 1.97. The van der Waals surface area contributed by atoms with Crippen LogP contribution in [0.5, 0.6) is 0 Å². The van der Waals surface area contributed by atoms with Crippen LogP contribution in [0.3, 0.4) is 0 Å². The standard InChI is InChI=1S/C19H34NPS.CO.ClH.Ru.H/c1-17(2,3)21(18(4,5)6)13-15-11-10-12-16(20-15)14-22-19(7,8)9;1-2;;;/h10-12H,13-14H2,1-9H3;;1H;;/q;;;+2;-1/p-1. The van der Waals surface area contributed by atoms with Gasteiger partial charge in [0.15, 0.2) is 0 Å². The van der Waals surface area contributed by atoms with Crippen LogP contribution < -0.4 is 12.4 Å². The van der Waals surface area contributed by atoms with Crippen molar-refractivity contribution in [3.63, 3.8) is 0 Å². The fourth-order valence-corrected chi connectivity index (χ4v) is 6.83. The molecule has 26 heavy (non-hydrogen) atoms. The number of pyridine rings is 1. The minimum atomic E-state index is -0.133. The van der Waals surface area contributed by atoms with E-state index in [-0.39, 0.29) is 41.2 Å². The largest absolute Gasteiger partial charge is 2.00 e. The van der Waals surface area contributed by atoms with E-state index in [1.807, 2.05) is 11.8 Å². The molecule has 0 aliphatic heterocycles. The summed E-state index contributed by atoms with van der Waals surface area (Å²) in [6, 6.07) is 6.55. The molecule has 0 fully saturated rings. The Morgan fingerprint density at radius 3 is 1.77 bits per heavy atom. The summed E-state index contributed by atoms with van der Waals surface area (Å²) < 4.78 is 7.79. The minimum absolute atomic E-state index is 0. The van der Waals surface area contributed by atoms with Crippen molar-refractivity contribution in [1.82, 2.24) is 4.98 Å². The summed E-state index contributed by atoms with van der Waals surface area (Å²) in [5.41, 5.74) is 2.48. The third-order valence-corrected chi connectivity index (χ3v) is 8.64. The van der Waals surface area contributed by atoms with Gasteiger partial charge in [0, 0.05) is 22.4 Å². The van der Waals surface area contributed by atoms with Gasteiger partial charge in [-0.15, -0.1) is 11.8 Å². The van der Waals surface area contributed by atoms with E-state index in [2.05, 4.69) is 87.2 Å². The molecule has 1 aromatic rings. The van der Waals surface area contributed by atoms with Crippen LogP contribution in [-0.2, 0) is 36.0 Å². The monoisotopic (exact) mass is 505 g/mol. The van der Waals surface area contributed by atoms with Crippen LogP contribution in [0.2, 0.25) is 0 Å². The van der Waals surface area contributed by atoms with Crippen LogP contribution >= 0.6 is 19.7 Å². The fraction of sp³-hybridized carbons (Fsp3) is 0.700. The van der Waals surface area contributed by atoms with E-state index in [4.69, 9.17) is 9.64 Å². The van der Waals surface area contributed by atoms with E-state index in [9.17, 15) is 0 Å². The van der Waals surface area contributed by atoms with Gasteiger partial charge in [-0.1, -0.05) is 76.3 Å². The second-order valence-electron chi connectivity index (χ2n) is 8.95. The summed E-state index contributed by atoms with van der Waals surface area (Å²) in [7, 11) is -0.133. The first-order valence-corrected chi connectivity index (χ1v) is 10.9. The van der Waals surface area contributed by atoms with Gasteiger partial charge in [0.2, 0.25) is 0 Å². The zero-order valence-corrected chi connectivity index (χ0v) is 21.8. The van der Waals surface area contributed by atoms with Gasteiger partial charge in [0.1, 0.15) is 0 Å². The molecular formula is C20H35ClNOPRuS. The first-order chi connectivity index (χ1) is 10.8. The van der Waals surface area contributed by atoms with Crippen molar-refractivity contribution in [2.75, 3.05) is 0 Å². The molecule has 0 N–H and O–H groups in total. The number of hydrogen-bond donors (Lipinski definition) is 0. The Morgan fingerprint density at radius 1 is 0.962 bits per heavy atom. The molecule has 0 aromatic carbocycles. The predicted octanol–water partition coefficient (Wildman–Crippen LogP) is 3.77. The van der Waals surface area contributed by atoms with E-state index in [0.29, 0.717) is 15.1 Å². The van der Waals surface area contributed by atoms with E-state index in [0.717, 1.165) is 11.9 Å². The van der Waals surface area contributed by atoms with Crippen molar-refractivity contribution >= 4 is 19.7 Å². The molecular weight excluding hydrogens is 470 g/mol. The van der Waals surface area contributed by atoms with Crippen LogP contribution in [0.4, 0.5) is 0 Å². The number of rotatable bonds is 4. The van der Waals surface area contributed by atoms with Crippen LogP contribution in [0.1, 0.15) is 75.1 Å². The number of thioether (sulfide) groups is 1. The van der Waals surface area contributed by atoms with E-state index >= 15 is 0 Å². The van der Waals surface area contributed by atoms with Crippen molar-refractivity contribution in [2.45, 2.75) is 89.3 Å². The van der Waals surface area contributed by atoms with Gasteiger partial charge in [-0.2, -0.15) is 0 Å². The van der Waals surface area contributed by atoms with Crippen LogP contribution in [0.15, 0.2) is 18.2 Å². The SMILES string of the molecule is CC(C)(C)SCc1cccc(CP(C(C)(C)C)C(C)(C)C)n1.[C-]#[O+].[Cl-].[H-].[Ru+2]. The summed E-state index contributed by atoms with van der Waals surface area (Å²) in [5.74, 6) is 1.00. The van der Waals surface area contributed by atoms with Crippen LogP contribution in [-0.4, -0.2) is 20.0 Å². The van der Waals surface area contributed by atoms with Gasteiger partial charge in [0.05, 0.1) is 5.69 Å². The Balaban J connectivity index is -0.000000511. The van der Waals surface area contributed by atoms with Gasteiger partial charge >= 0.3 is 30.8 Å².